The Hall–Kier alpha value is -0.110. The summed E-state index contributed by atoms with van der Waals surface area (Å²) in [5, 5.41) is 0. The van der Waals surface area contributed by atoms with Crippen molar-refractivity contribution in [3.05, 3.63) is 0 Å². The Labute approximate surface area is 42.5 Å². The summed E-state index contributed by atoms with van der Waals surface area (Å²) < 4.78 is 0. The normalized spacial score (nSPS) is 4.33. The van der Waals surface area contributed by atoms with Crippen LogP contribution in [0.25, 0.3) is 0 Å². The van der Waals surface area contributed by atoms with Gasteiger partial charge in [-0.1, -0.05) is 0 Å². The molecular weight excluding hydrogens is 106 g/mol. The molecule has 1 nitrogen and oxygen atoms in total. The zero-order valence-electron chi connectivity index (χ0n) is 3.72. The number of hydrogen-bond donors (Lipinski definition) is 0. The quantitative estimate of drug-likeness (QED) is 0.462. The number of carbonyl (C=O) groups excluding carboxylic acids is 1. The summed E-state index contributed by atoms with van der Waals surface area (Å²) in [6.45, 7) is 3.06. The van der Waals surface area contributed by atoms with Gasteiger partial charge in [0, 0.05) is 0 Å². The number of Topliss-reactive ketones (excluding diaryl/α,β-unsaturated/α-hetero) is 1. The van der Waals surface area contributed by atoms with Gasteiger partial charge >= 0.3 is 0 Å². The third-order valence-electron chi connectivity index (χ3n) is 0. The monoisotopic (exact) mass is 114 g/mol. The topological polar surface area (TPSA) is 17.1 Å². The van der Waals surface area contributed by atoms with Crippen LogP contribution in [0.1, 0.15) is 13.8 Å². The van der Waals surface area contributed by atoms with Gasteiger partial charge in [0.25, 0.3) is 0 Å². The second kappa shape index (κ2) is 8.86. The van der Waals surface area contributed by atoms with Gasteiger partial charge in [0.1, 0.15) is 5.78 Å². The predicted octanol–water partition coefficient (Wildman–Crippen LogP) is 1.17. The van der Waals surface area contributed by atoms with E-state index >= 15 is 0 Å². The molecule has 0 unspecified atom stereocenters. The highest BCUT2D eigenvalue weighted by Crippen LogP contribution is 1.50. The summed E-state index contributed by atoms with van der Waals surface area (Å²) in [4.78, 5) is 9.44. The SMILES string of the molecule is CC(C)=O.Cl.F. The first-order valence-corrected chi connectivity index (χ1v) is 1.20. The van der Waals surface area contributed by atoms with Crippen molar-refractivity contribution in [1.29, 1.82) is 0 Å². The third-order valence-corrected chi connectivity index (χ3v) is 0. The molecule has 0 aromatic carbocycles. The smallest absolute Gasteiger partial charge is 0.126 e. The van der Waals surface area contributed by atoms with Crippen LogP contribution in [-0.2, 0) is 4.79 Å². The zero-order chi connectivity index (χ0) is 3.58. The highest BCUT2D eigenvalue weighted by Gasteiger charge is 1.62. The van der Waals surface area contributed by atoms with Crippen molar-refractivity contribution in [1.82, 2.24) is 0 Å². The summed E-state index contributed by atoms with van der Waals surface area (Å²) in [5.41, 5.74) is 0. The largest absolute Gasteiger partial charge is 0.300 e. The first-order valence-electron chi connectivity index (χ1n) is 1.20. The minimum Gasteiger partial charge on any atom is -0.300 e. The molecule has 0 amide bonds. The Morgan fingerprint density at radius 2 is 1.33 bits per heavy atom. The Morgan fingerprint density at radius 3 is 1.33 bits per heavy atom. The first kappa shape index (κ1) is 16.9. The maximum absolute atomic E-state index is 9.44. The van der Waals surface area contributed by atoms with E-state index in [1.54, 1.807) is 0 Å². The maximum atomic E-state index is 9.44. The van der Waals surface area contributed by atoms with Crippen molar-refractivity contribution in [3.63, 3.8) is 0 Å². The van der Waals surface area contributed by atoms with Gasteiger partial charge in [-0.05, 0) is 13.8 Å². The minimum atomic E-state index is 0. The standard InChI is InChI=1S/C3H6O.ClH.FH/c1-3(2)4;;/h1-2H3;2*1H. The zero-order valence-corrected chi connectivity index (χ0v) is 4.54. The van der Waals surface area contributed by atoms with Gasteiger partial charge in [-0.25, -0.2) is 0 Å². The average molecular weight is 115 g/mol. The fourth-order valence-corrected chi connectivity index (χ4v) is 0. The molecule has 0 radical (unpaired) electrons. The summed E-state index contributed by atoms with van der Waals surface area (Å²) in [5.74, 6) is 0.167. The van der Waals surface area contributed by atoms with E-state index < -0.39 is 0 Å². The summed E-state index contributed by atoms with van der Waals surface area (Å²) in [6.07, 6.45) is 0. The van der Waals surface area contributed by atoms with Gasteiger partial charge in [-0.15, -0.1) is 12.4 Å². The van der Waals surface area contributed by atoms with E-state index in [0.29, 0.717) is 0 Å². The van der Waals surface area contributed by atoms with Gasteiger partial charge in [-0.3, -0.25) is 4.70 Å². The molecule has 0 aliphatic carbocycles. The molecule has 0 aliphatic rings. The molecule has 0 rings (SSSR count). The first-order chi connectivity index (χ1) is 1.73. The van der Waals surface area contributed by atoms with Gasteiger partial charge in [-0.2, -0.15) is 0 Å². The molecule has 0 aliphatic heterocycles. The van der Waals surface area contributed by atoms with E-state index in [-0.39, 0.29) is 22.9 Å². The number of ketones is 1. The van der Waals surface area contributed by atoms with Crippen LogP contribution in [0.15, 0.2) is 0 Å². The molecule has 0 spiro atoms. The molecule has 6 heavy (non-hydrogen) atoms. The van der Waals surface area contributed by atoms with Gasteiger partial charge < -0.3 is 4.79 Å². The summed E-state index contributed by atoms with van der Waals surface area (Å²) in [6, 6.07) is 0. The average Bonchev–Trinajstić information content (AvgIpc) is 0.811. The summed E-state index contributed by atoms with van der Waals surface area (Å²) in [7, 11) is 0. The number of rotatable bonds is 0. The lowest BCUT2D eigenvalue weighted by Gasteiger charge is -1.56. The molecule has 0 fully saturated rings. The van der Waals surface area contributed by atoms with Crippen molar-refractivity contribution in [2.24, 2.45) is 0 Å². The fourth-order valence-electron chi connectivity index (χ4n) is 0. The van der Waals surface area contributed by atoms with Gasteiger partial charge in [0.15, 0.2) is 0 Å². The van der Waals surface area contributed by atoms with Crippen molar-refractivity contribution >= 4 is 18.2 Å². The highest BCUT2D eigenvalue weighted by atomic mass is 35.5. The van der Waals surface area contributed by atoms with Crippen LogP contribution in [0.2, 0.25) is 0 Å². The van der Waals surface area contributed by atoms with Crippen LogP contribution in [-0.4, -0.2) is 5.78 Å². The molecule has 0 bridgehead atoms. The molecule has 0 heterocycles. The van der Waals surface area contributed by atoms with Crippen molar-refractivity contribution in [2.75, 3.05) is 0 Å². The van der Waals surface area contributed by atoms with Crippen LogP contribution in [0.5, 0.6) is 0 Å². The molecule has 0 saturated carbocycles. The van der Waals surface area contributed by atoms with Crippen LogP contribution < -0.4 is 0 Å². The second-order valence-electron chi connectivity index (χ2n) is 0.908. The lowest BCUT2D eigenvalue weighted by atomic mass is 10.6. The highest BCUT2D eigenvalue weighted by molar-refractivity contribution is 5.85. The van der Waals surface area contributed by atoms with E-state index in [4.69, 9.17) is 0 Å². The second-order valence-corrected chi connectivity index (χ2v) is 0.908. The number of halogens is 2. The van der Waals surface area contributed by atoms with Gasteiger partial charge in [0.2, 0.25) is 0 Å². The van der Waals surface area contributed by atoms with E-state index in [1.807, 2.05) is 0 Å². The number of hydrogen-bond acceptors (Lipinski definition) is 1. The molecule has 0 saturated heterocycles. The van der Waals surface area contributed by atoms with Crippen LogP contribution in [0.3, 0.4) is 0 Å². The maximum Gasteiger partial charge on any atom is 0.126 e. The minimum absolute atomic E-state index is 0. The molecule has 0 N–H and O–H groups in total. The van der Waals surface area contributed by atoms with E-state index in [9.17, 15) is 4.79 Å². The summed E-state index contributed by atoms with van der Waals surface area (Å²) >= 11 is 0. The molecule has 0 aromatic rings. The Balaban J connectivity index is -0.0000000450. The lowest BCUT2D eigenvalue weighted by Crippen LogP contribution is -1.69. The number of carbonyl (C=O) groups is 1. The molecule has 0 aromatic heterocycles. The van der Waals surface area contributed by atoms with Crippen LogP contribution in [0.4, 0.5) is 4.70 Å². The van der Waals surface area contributed by atoms with Crippen molar-refractivity contribution in [2.45, 2.75) is 13.8 Å². The molecular formula is C3H8ClFO. The molecule has 40 valence electrons. The van der Waals surface area contributed by atoms with Crippen LogP contribution >= 0.6 is 12.4 Å². The van der Waals surface area contributed by atoms with E-state index in [1.165, 1.54) is 13.8 Å². The van der Waals surface area contributed by atoms with Crippen molar-refractivity contribution < 1.29 is 9.50 Å². The third kappa shape index (κ3) is 2690. The lowest BCUT2D eigenvalue weighted by molar-refractivity contribution is -0.114. The van der Waals surface area contributed by atoms with E-state index in [2.05, 4.69) is 0 Å². The molecule has 0 atom stereocenters. The Morgan fingerprint density at radius 1 is 1.33 bits per heavy atom. The fraction of sp³-hybridized carbons (Fsp3) is 0.667. The Kier molecular flexibility index (Phi) is 24.9. The predicted molar refractivity (Wildman–Crippen MR) is 26.1 cm³/mol. The molecule has 3 heteroatoms. The van der Waals surface area contributed by atoms with E-state index in [0.717, 1.165) is 0 Å². The Bertz CT molecular complexity index is 33.8. The van der Waals surface area contributed by atoms with Gasteiger partial charge in [0.05, 0.1) is 0 Å². The van der Waals surface area contributed by atoms with Crippen molar-refractivity contribution in [3.8, 4) is 0 Å². The van der Waals surface area contributed by atoms with Crippen LogP contribution in [0, 0.1) is 0 Å².